The van der Waals surface area contributed by atoms with Crippen LogP contribution in [0.4, 0.5) is 0 Å². The van der Waals surface area contributed by atoms with E-state index < -0.39 is 0 Å². The van der Waals surface area contributed by atoms with Crippen molar-refractivity contribution in [2.75, 3.05) is 19.6 Å². The number of amides is 1. The van der Waals surface area contributed by atoms with Crippen molar-refractivity contribution in [3.8, 4) is 0 Å². The number of alkyl halides is 1. The number of ether oxygens (including phenoxy) is 1. The lowest BCUT2D eigenvalue weighted by Gasteiger charge is -2.16. The molecule has 0 aromatic carbocycles. The molecule has 0 saturated heterocycles. The molecule has 6 heteroatoms. The van der Waals surface area contributed by atoms with E-state index in [1.54, 1.807) is 26.4 Å². The number of hydrogen-bond acceptors (Lipinski definition) is 3. The van der Waals surface area contributed by atoms with Crippen molar-refractivity contribution < 1.29 is 9.53 Å². The summed E-state index contributed by atoms with van der Waals surface area (Å²) in [5.41, 5.74) is 0.524. The molecular formula is C10H16ClN3O2. The van der Waals surface area contributed by atoms with Gasteiger partial charge in [0.05, 0.1) is 12.6 Å². The Morgan fingerprint density at radius 2 is 2.50 bits per heavy atom. The second-order valence-electron chi connectivity index (χ2n) is 3.44. The second-order valence-corrected chi connectivity index (χ2v) is 3.82. The van der Waals surface area contributed by atoms with Gasteiger partial charge in [0.1, 0.15) is 5.69 Å². The summed E-state index contributed by atoms with van der Waals surface area (Å²) in [5.74, 6) is 0.326. The summed E-state index contributed by atoms with van der Waals surface area (Å²) in [6.45, 7) is 0.455. The van der Waals surface area contributed by atoms with E-state index in [1.165, 1.54) is 4.68 Å². The van der Waals surface area contributed by atoms with Crippen LogP contribution in [-0.2, 0) is 11.8 Å². The van der Waals surface area contributed by atoms with Crippen molar-refractivity contribution in [2.45, 2.75) is 12.5 Å². The van der Waals surface area contributed by atoms with Gasteiger partial charge in [0, 0.05) is 26.2 Å². The van der Waals surface area contributed by atoms with E-state index in [0.717, 1.165) is 0 Å². The van der Waals surface area contributed by atoms with Gasteiger partial charge in [-0.25, -0.2) is 0 Å². The molecule has 0 fully saturated rings. The number of halogens is 1. The summed E-state index contributed by atoms with van der Waals surface area (Å²) < 4.78 is 6.54. The Hall–Kier alpha value is -1.07. The Balaban J connectivity index is 2.58. The lowest BCUT2D eigenvalue weighted by molar-refractivity contribution is 0.0886. The van der Waals surface area contributed by atoms with Crippen LogP contribution in [0.1, 0.15) is 16.9 Å². The first-order valence-corrected chi connectivity index (χ1v) is 5.56. The Morgan fingerprint density at radius 1 is 1.75 bits per heavy atom. The standard InChI is InChI=1S/C10H16ClN3O2/c1-14-9(4-6-12-14)10(15)13-8(3-5-11)7-16-2/h4,6,8H,3,5,7H2,1-2H3,(H,13,15). The summed E-state index contributed by atoms with van der Waals surface area (Å²) in [5, 5.41) is 6.79. The molecule has 1 amide bonds. The molecule has 1 aromatic rings. The molecule has 0 radical (unpaired) electrons. The highest BCUT2D eigenvalue weighted by atomic mass is 35.5. The van der Waals surface area contributed by atoms with Crippen molar-refractivity contribution in [3.63, 3.8) is 0 Å². The summed E-state index contributed by atoms with van der Waals surface area (Å²) in [4.78, 5) is 11.8. The van der Waals surface area contributed by atoms with Gasteiger partial charge in [-0.15, -0.1) is 11.6 Å². The number of aromatic nitrogens is 2. The molecule has 1 unspecified atom stereocenters. The second kappa shape index (κ2) is 6.50. The lowest BCUT2D eigenvalue weighted by Crippen LogP contribution is -2.39. The highest BCUT2D eigenvalue weighted by Crippen LogP contribution is 2.00. The normalized spacial score (nSPS) is 12.4. The summed E-state index contributed by atoms with van der Waals surface area (Å²) in [7, 11) is 3.32. The number of carbonyl (C=O) groups excluding carboxylic acids is 1. The maximum absolute atomic E-state index is 11.8. The fourth-order valence-electron chi connectivity index (χ4n) is 1.39. The van der Waals surface area contributed by atoms with Crippen LogP contribution >= 0.6 is 11.6 Å². The van der Waals surface area contributed by atoms with E-state index in [4.69, 9.17) is 16.3 Å². The van der Waals surface area contributed by atoms with E-state index >= 15 is 0 Å². The van der Waals surface area contributed by atoms with Crippen LogP contribution in [0.5, 0.6) is 0 Å². The molecule has 5 nitrogen and oxygen atoms in total. The fourth-order valence-corrected chi connectivity index (χ4v) is 1.65. The Bertz CT molecular complexity index is 335. The van der Waals surface area contributed by atoms with E-state index in [0.29, 0.717) is 24.6 Å². The van der Waals surface area contributed by atoms with Gasteiger partial charge < -0.3 is 10.1 Å². The van der Waals surface area contributed by atoms with Crippen LogP contribution in [0.3, 0.4) is 0 Å². The Morgan fingerprint density at radius 3 is 3.00 bits per heavy atom. The average Bonchev–Trinajstić information content (AvgIpc) is 2.65. The SMILES string of the molecule is COCC(CCCl)NC(=O)c1ccnn1C. The molecular weight excluding hydrogens is 230 g/mol. The predicted molar refractivity (Wildman–Crippen MR) is 61.7 cm³/mol. The molecule has 1 N–H and O–H groups in total. The summed E-state index contributed by atoms with van der Waals surface area (Å²) in [6, 6.07) is 1.60. The quantitative estimate of drug-likeness (QED) is 0.754. The van der Waals surface area contributed by atoms with Gasteiger partial charge in [0.2, 0.25) is 0 Å². The first-order chi connectivity index (χ1) is 7.69. The molecule has 1 heterocycles. The monoisotopic (exact) mass is 245 g/mol. The van der Waals surface area contributed by atoms with Crippen molar-refractivity contribution >= 4 is 17.5 Å². The summed E-state index contributed by atoms with van der Waals surface area (Å²) in [6.07, 6.45) is 2.26. The zero-order chi connectivity index (χ0) is 12.0. The van der Waals surface area contributed by atoms with Crippen LogP contribution in [-0.4, -0.2) is 41.3 Å². The van der Waals surface area contributed by atoms with Crippen molar-refractivity contribution in [2.24, 2.45) is 7.05 Å². The van der Waals surface area contributed by atoms with Crippen LogP contribution in [0.2, 0.25) is 0 Å². The first kappa shape index (κ1) is 13.0. The molecule has 0 saturated carbocycles. The highest BCUT2D eigenvalue weighted by molar-refractivity contribution is 6.17. The topological polar surface area (TPSA) is 56.1 Å². The molecule has 1 rings (SSSR count). The van der Waals surface area contributed by atoms with Gasteiger partial charge in [-0.1, -0.05) is 0 Å². The minimum atomic E-state index is -0.160. The molecule has 0 aliphatic carbocycles. The minimum absolute atomic E-state index is 0.0649. The molecule has 1 aromatic heterocycles. The largest absolute Gasteiger partial charge is 0.383 e. The van der Waals surface area contributed by atoms with Crippen molar-refractivity contribution in [1.82, 2.24) is 15.1 Å². The molecule has 0 spiro atoms. The zero-order valence-corrected chi connectivity index (χ0v) is 10.2. The minimum Gasteiger partial charge on any atom is -0.383 e. The molecule has 1 atom stereocenters. The summed E-state index contributed by atoms with van der Waals surface area (Å²) >= 11 is 5.65. The molecule has 90 valence electrons. The molecule has 0 bridgehead atoms. The number of rotatable bonds is 6. The maximum atomic E-state index is 11.8. The van der Waals surface area contributed by atoms with Crippen LogP contribution < -0.4 is 5.32 Å². The van der Waals surface area contributed by atoms with Crippen LogP contribution in [0.25, 0.3) is 0 Å². The number of aryl methyl sites for hydroxylation is 1. The number of carbonyl (C=O) groups is 1. The zero-order valence-electron chi connectivity index (χ0n) is 9.44. The fraction of sp³-hybridized carbons (Fsp3) is 0.600. The molecule has 16 heavy (non-hydrogen) atoms. The van der Waals surface area contributed by atoms with Crippen LogP contribution in [0.15, 0.2) is 12.3 Å². The highest BCUT2D eigenvalue weighted by Gasteiger charge is 2.15. The average molecular weight is 246 g/mol. The van der Waals surface area contributed by atoms with Gasteiger partial charge in [0.15, 0.2) is 0 Å². The van der Waals surface area contributed by atoms with Gasteiger partial charge in [0.25, 0.3) is 5.91 Å². The third kappa shape index (κ3) is 3.50. The Labute approximate surface area is 99.7 Å². The van der Waals surface area contributed by atoms with Gasteiger partial charge in [-0.3, -0.25) is 9.48 Å². The van der Waals surface area contributed by atoms with Gasteiger partial charge in [-0.05, 0) is 12.5 Å². The van der Waals surface area contributed by atoms with Crippen LogP contribution in [0, 0.1) is 0 Å². The van der Waals surface area contributed by atoms with E-state index in [9.17, 15) is 4.79 Å². The molecule has 0 aliphatic rings. The number of nitrogens with zero attached hydrogens (tertiary/aromatic N) is 2. The number of methoxy groups -OCH3 is 1. The molecule has 0 aliphatic heterocycles. The third-order valence-electron chi connectivity index (χ3n) is 2.21. The Kier molecular flexibility index (Phi) is 5.28. The van der Waals surface area contributed by atoms with Gasteiger partial charge >= 0.3 is 0 Å². The third-order valence-corrected chi connectivity index (χ3v) is 2.43. The smallest absolute Gasteiger partial charge is 0.269 e. The van der Waals surface area contributed by atoms with Gasteiger partial charge in [-0.2, -0.15) is 5.10 Å². The van der Waals surface area contributed by atoms with E-state index in [2.05, 4.69) is 10.4 Å². The van der Waals surface area contributed by atoms with Crippen molar-refractivity contribution in [1.29, 1.82) is 0 Å². The maximum Gasteiger partial charge on any atom is 0.269 e. The first-order valence-electron chi connectivity index (χ1n) is 5.02. The van der Waals surface area contributed by atoms with Crippen molar-refractivity contribution in [3.05, 3.63) is 18.0 Å². The van der Waals surface area contributed by atoms with E-state index in [-0.39, 0.29) is 11.9 Å². The predicted octanol–water partition coefficient (Wildman–Crippen LogP) is 0.794. The van der Waals surface area contributed by atoms with E-state index in [1.807, 2.05) is 0 Å². The lowest BCUT2D eigenvalue weighted by atomic mass is 10.2. The number of nitrogens with one attached hydrogen (secondary N) is 1. The number of hydrogen-bond donors (Lipinski definition) is 1.